The Labute approximate surface area is 153 Å². The second-order valence-electron chi connectivity index (χ2n) is 6.38. The van der Waals surface area contributed by atoms with Crippen LogP contribution in [0.4, 0.5) is 4.79 Å². The molecule has 0 unspecified atom stereocenters. The second-order valence-corrected chi connectivity index (χ2v) is 6.38. The number of carbonyl (C=O) groups excluding carboxylic acids is 2. The van der Waals surface area contributed by atoms with Crippen LogP contribution in [0.25, 0.3) is 0 Å². The summed E-state index contributed by atoms with van der Waals surface area (Å²) in [6, 6.07) is 19.1. The van der Waals surface area contributed by atoms with Crippen LogP contribution in [0.1, 0.15) is 36.8 Å². The molecular formula is C21H23NO4. The maximum atomic E-state index is 12.6. The summed E-state index contributed by atoms with van der Waals surface area (Å²) in [7, 11) is 0. The van der Waals surface area contributed by atoms with Gasteiger partial charge in [-0.05, 0) is 30.9 Å². The van der Waals surface area contributed by atoms with E-state index in [1.165, 1.54) is 0 Å². The van der Waals surface area contributed by atoms with E-state index in [9.17, 15) is 9.59 Å². The van der Waals surface area contributed by atoms with Crippen molar-refractivity contribution in [2.75, 3.05) is 6.61 Å². The molecule has 0 saturated heterocycles. The van der Waals surface area contributed by atoms with E-state index in [1.54, 1.807) is 6.92 Å². The van der Waals surface area contributed by atoms with Gasteiger partial charge in [0.2, 0.25) is 0 Å². The first-order valence-electron chi connectivity index (χ1n) is 8.87. The van der Waals surface area contributed by atoms with E-state index in [1.807, 2.05) is 60.7 Å². The first-order valence-corrected chi connectivity index (χ1v) is 8.87. The number of benzene rings is 2. The molecule has 2 aromatic rings. The number of hydrogen-bond donors (Lipinski definition) is 1. The molecule has 3 rings (SSSR count). The van der Waals surface area contributed by atoms with Gasteiger partial charge in [-0.1, -0.05) is 60.7 Å². The summed E-state index contributed by atoms with van der Waals surface area (Å²) < 4.78 is 10.6. The normalized spacial score (nSPS) is 21.3. The van der Waals surface area contributed by atoms with Gasteiger partial charge in [-0.2, -0.15) is 0 Å². The second kappa shape index (κ2) is 8.04. The van der Waals surface area contributed by atoms with E-state index in [0.717, 1.165) is 17.5 Å². The topological polar surface area (TPSA) is 64.6 Å². The molecule has 5 heteroatoms. The summed E-state index contributed by atoms with van der Waals surface area (Å²) in [5, 5.41) is 2.80. The largest absolute Gasteiger partial charge is 0.464 e. The molecule has 0 radical (unpaired) electrons. The van der Waals surface area contributed by atoms with E-state index in [-0.39, 0.29) is 19.1 Å². The lowest BCUT2D eigenvalue weighted by Gasteiger charge is -2.47. The summed E-state index contributed by atoms with van der Waals surface area (Å²) in [6.45, 7) is 2.18. The summed E-state index contributed by atoms with van der Waals surface area (Å²) in [4.78, 5) is 25.0. The summed E-state index contributed by atoms with van der Waals surface area (Å²) in [5.74, 6) is -0.524. The molecule has 26 heavy (non-hydrogen) atoms. The van der Waals surface area contributed by atoms with Crippen molar-refractivity contribution in [1.29, 1.82) is 0 Å². The van der Waals surface area contributed by atoms with E-state index in [0.29, 0.717) is 6.42 Å². The molecule has 2 atom stereocenters. The van der Waals surface area contributed by atoms with Gasteiger partial charge in [-0.3, -0.25) is 0 Å². The zero-order chi connectivity index (χ0) is 18.4. The highest BCUT2D eigenvalue weighted by atomic mass is 16.6. The molecule has 0 aliphatic heterocycles. The molecule has 0 heterocycles. The molecule has 0 aromatic heterocycles. The quantitative estimate of drug-likeness (QED) is 0.803. The molecule has 5 nitrogen and oxygen atoms in total. The Morgan fingerprint density at radius 2 is 1.69 bits per heavy atom. The number of nitrogens with one attached hydrogen (secondary N) is 1. The predicted molar refractivity (Wildman–Crippen MR) is 97.5 cm³/mol. The van der Waals surface area contributed by atoms with Crippen LogP contribution in [0.3, 0.4) is 0 Å². The van der Waals surface area contributed by atoms with Crippen LogP contribution in [-0.2, 0) is 20.9 Å². The third-order valence-corrected chi connectivity index (χ3v) is 4.80. The molecule has 1 saturated carbocycles. The lowest BCUT2D eigenvalue weighted by atomic mass is 9.63. The number of esters is 1. The summed E-state index contributed by atoms with van der Waals surface area (Å²) in [6.07, 6.45) is 0.732. The zero-order valence-electron chi connectivity index (χ0n) is 14.8. The highest BCUT2D eigenvalue weighted by Gasteiger charge is 2.56. The highest BCUT2D eigenvalue weighted by molar-refractivity contribution is 5.88. The van der Waals surface area contributed by atoms with Gasteiger partial charge in [-0.25, -0.2) is 9.59 Å². The Morgan fingerprint density at radius 1 is 1.04 bits per heavy atom. The molecule has 1 fully saturated rings. The van der Waals surface area contributed by atoms with Crippen molar-refractivity contribution in [3.8, 4) is 0 Å². The lowest BCUT2D eigenvalue weighted by Crippen LogP contribution is -2.64. The van der Waals surface area contributed by atoms with Crippen molar-refractivity contribution in [2.24, 2.45) is 0 Å². The van der Waals surface area contributed by atoms with Crippen molar-refractivity contribution in [1.82, 2.24) is 5.32 Å². The third kappa shape index (κ3) is 3.72. The third-order valence-electron chi connectivity index (χ3n) is 4.80. The van der Waals surface area contributed by atoms with E-state index >= 15 is 0 Å². The molecule has 2 aromatic carbocycles. The van der Waals surface area contributed by atoms with Gasteiger partial charge >= 0.3 is 12.1 Å². The van der Waals surface area contributed by atoms with Gasteiger partial charge in [0.15, 0.2) is 0 Å². The number of rotatable bonds is 6. The van der Waals surface area contributed by atoms with Gasteiger partial charge in [-0.15, -0.1) is 0 Å². The van der Waals surface area contributed by atoms with Crippen molar-refractivity contribution in [3.63, 3.8) is 0 Å². The van der Waals surface area contributed by atoms with Gasteiger partial charge in [0.25, 0.3) is 0 Å². The van der Waals surface area contributed by atoms with Crippen molar-refractivity contribution in [2.45, 2.75) is 37.8 Å². The number of carbonyl (C=O) groups is 2. The van der Waals surface area contributed by atoms with Crippen LogP contribution in [0.5, 0.6) is 0 Å². The molecular weight excluding hydrogens is 330 g/mol. The maximum absolute atomic E-state index is 12.6. The number of alkyl carbamates (subject to hydrolysis) is 1. The maximum Gasteiger partial charge on any atom is 0.408 e. The molecule has 136 valence electrons. The van der Waals surface area contributed by atoms with Gasteiger partial charge in [0.1, 0.15) is 12.1 Å². The van der Waals surface area contributed by atoms with Crippen molar-refractivity contribution >= 4 is 12.1 Å². The monoisotopic (exact) mass is 353 g/mol. The first kappa shape index (κ1) is 18.0. The minimum Gasteiger partial charge on any atom is -0.464 e. The van der Waals surface area contributed by atoms with Crippen LogP contribution in [-0.4, -0.2) is 24.2 Å². The van der Waals surface area contributed by atoms with E-state index in [2.05, 4.69) is 5.32 Å². The van der Waals surface area contributed by atoms with Gasteiger partial charge < -0.3 is 14.8 Å². The van der Waals surface area contributed by atoms with Crippen LogP contribution in [0.15, 0.2) is 60.7 Å². The Balaban J connectivity index is 1.72. The van der Waals surface area contributed by atoms with Crippen LogP contribution in [0, 0.1) is 0 Å². The van der Waals surface area contributed by atoms with Crippen molar-refractivity contribution < 1.29 is 19.1 Å². The minimum atomic E-state index is -1.06. The Morgan fingerprint density at radius 3 is 2.27 bits per heavy atom. The van der Waals surface area contributed by atoms with E-state index < -0.39 is 17.6 Å². The highest BCUT2D eigenvalue weighted by Crippen LogP contribution is 2.47. The van der Waals surface area contributed by atoms with Crippen LogP contribution >= 0.6 is 0 Å². The zero-order valence-corrected chi connectivity index (χ0v) is 14.8. The average Bonchev–Trinajstić information content (AvgIpc) is 2.65. The SMILES string of the molecule is CCOC(=O)[C@@]1(NC(=O)OCc2ccccc2)CC[C@@H]1c1ccccc1. The van der Waals surface area contributed by atoms with Crippen LogP contribution in [0.2, 0.25) is 0 Å². The molecule has 1 N–H and O–H groups in total. The van der Waals surface area contributed by atoms with E-state index in [4.69, 9.17) is 9.47 Å². The minimum absolute atomic E-state index is 0.118. The Bertz CT molecular complexity index is 747. The lowest BCUT2D eigenvalue weighted by molar-refractivity contribution is -0.156. The fourth-order valence-corrected chi connectivity index (χ4v) is 3.36. The summed E-state index contributed by atoms with van der Waals surface area (Å²) in [5.41, 5.74) is 0.835. The standard InChI is InChI=1S/C21H23NO4/c1-2-25-19(23)21(14-13-18(21)17-11-7-4-8-12-17)22-20(24)26-15-16-9-5-3-6-10-16/h3-12,18H,2,13-15H2,1H3,(H,22,24)/t18-,21-/m1/s1. The Kier molecular flexibility index (Phi) is 5.56. The van der Waals surface area contributed by atoms with Gasteiger partial charge in [0, 0.05) is 5.92 Å². The number of ether oxygens (including phenoxy) is 2. The van der Waals surface area contributed by atoms with Crippen molar-refractivity contribution in [3.05, 3.63) is 71.8 Å². The Hall–Kier alpha value is -2.82. The van der Waals surface area contributed by atoms with Crippen LogP contribution < -0.4 is 5.32 Å². The number of amides is 1. The average molecular weight is 353 g/mol. The summed E-state index contributed by atoms with van der Waals surface area (Å²) >= 11 is 0. The molecule has 1 aliphatic carbocycles. The molecule has 0 bridgehead atoms. The molecule has 0 spiro atoms. The predicted octanol–water partition coefficient (Wildman–Crippen LogP) is 3.79. The number of hydrogen-bond acceptors (Lipinski definition) is 4. The molecule has 1 amide bonds. The molecule has 1 aliphatic rings. The first-order chi connectivity index (χ1) is 12.7. The fourth-order valence-electron chi connectivity index (χ4n) is 3.36. The fraction of sp³-hybridized carbons (Fsp3) is 0.333. The van der Waals surface area contributed by atoms with Gasteiger partial charge in [0.05, 0.1) is 6.61 Å². The smallest absolute Gasteiger partial charge is 0.408 e.